The molecule has 5 heteroatoms. The first-order valence-corrected chi connectivity index (χ1v) is 8.03. The topological polar surface area (TPSA) is 98.5 Å². The number of pyridine rings is 1. The highest BCUT2D eigenvalue weighted by molar-refractivity contribution is 5.99. The van der Waals surface area contributed by atoms with Crippen LogP contribution in [0.4, 0.5) is 11.5 Å². The molecular weight excluding hydrogens is 310 g/mol. The summed E-state index contributed by atoms with van der Waals surface area (Å²) in [5, 5.41) is 23.1. The number of fused-ring (bicyclic) bond motifs is 1. The number of para-hydroxylation sites is 1. The molecule has 122 valence electrons. The van der Waals surface area contributed by atoms with Gasteiger partial charge in [-0.25, -0.2) is 4.98 Å². The van der Waals surface area contributed by atoms with Crippen LogP contribution in [0.1, 0.15) is 36.1 Å². The number of hydrogen-bond acceptors (Lipinski definition) is 5. The van der Waals surface area contributed by atoms with Crippen LogP contribution in [0.25, 0.3) is 10.9 Å². The van der Waals surface area contributed by atoms with Gasteiger partial charge in [0.05, 0.1) is 22.8 Å². The monoisotopic (exact) mass is 327 g/mol. The van der Waals surface area contributed by atoms with E-state index in [1.54, 1.807) is 12.1 Å². The second kappa shape index (κ2) is 6.90. The Morgan fingerprint density at radius 3 is 2.48 bits per heavy atom. The molecule has 3 N–H and O–H groups in total. The molecule has 0 bridgehead atoms. The number of nitrogen functional groups attached to an aromatic ring is 1. The average Bonchev–Trinajstić information content (AvgIpc) is 2.66. The molecule has 0 amide bonds. The van der Waals surface area contributed by atoms with E-state index in [2.05, 4.69) is 29.4 Å². The fraction of sp³-hybridized carbons (Fsp3) is 0.150. The minimum atomic E-state index is 0.0176. The third-order valence-electron chi connectivity index (χ3n) is 4.20. The predicted molar refractivity (Wildman–Crippen MR) is 98.7 cm³/mol. The Morgan fingerprint density at radius 2 is 1.84 bits per heavy atom. The van der Waals surface area contributed by atoms with E-state index in [-0.39, 0.29) is 11.9 Å². The SMILES string of the molecule is CC[C@@H](Nc1c(C#N)c(N)nc2c(C#N)cccc12)c1ccccc1. The quantitative estimate of drug-likeness (QED) is 0.751. The lowest BCUT2D eigenvalue weighted by Gasteiger charge is -2.21. The van der Waals surface area contributed by atoms with Gasteiger partial charge in [-0.05, 0) is 18.1 Å². The molecule has 5 nitrogen and oxygen atoms in total. The number of nitrogens with zero attached hydrogens (tertiary/aromatic N) is 3. The summed E-state index contributed by atoms with van der Waals surface area (Å²) >= 11 is 0. The fourth-order valence-corrected chi connectivity index (χ4v) is 2.94. The van der Waals surface area contributed by atoms with Crippen LogP contribution in [0, 0.1) is 22.7 Å². The molecule has 0 saturated carbocycles. The zero-order chi connectivity index (χ0) is 17.8. The summed E-state index contributed by atoms with van der Waals surface area (Å²) in [6, 6.07) is 19.6. The zero-order valence-corrected chi connectivity index (χ0v) is 13.8. The van der Waals surface area contributed by atoms with Gasteiger partial charge < -0.3 is 11.1 Å². The molecule has 0 aliphatic carbocycles. The Morgan fingerprint density at radius 1 is 1.08 bits per heavy atom. The van der Waals surface area contributed by atoms with Gasteiger partial charge in [-0.2, -0.15) is 10.5 Å². The molecule has 1 aromatic heterocycles. The number of rotatable bonds is 4. The summed E-state index contributed by atoms with van der Waals surface area (Å²) in [5.74, 6) is 0.128. The highest BCUT2D eigenvalue weighted by Crippen LogP contribution is 2.34. The van der Waals surface area contributed by atoms with Crippen molar-refractivity contribution in [3.63, 3.8) is 0 Å². The van der Waals surface area contributed by atoms with Crippen LogP contribution in [-0.4, -0.2) is 4.98 Å². The van der Waals surface area contributed by atoms with Crippen molar-refractivity contribution in [3.05, 3.63) is 65.2 Å². The van der Waals surface area contributed by atoms with E-state index in [1.807, 2.05) is 36.4 Å². The Balaban J connectivity index is 2.21. The standard InChI is InChI=1S/C20H17N5/c1-2-17(13-7-4-3-5-8-13)24-19-15-10-6-9-14(11-21)18(15)25-20(23)16(19)12-22/h3-10,17H,2H2,1H3,(H3,23,24,25)/t17-/m1/s1. The van der Waals surface area contributed by atoms with Gasteiger partial charge in [0.1, 0.15) is 23.5 Å². The van der Waals surface area contributed by atoms with Gasteiger partial charge in [-0.15, -0.1) is 0 Å². The molecule has 1 heterocycles. The Kier molecular flexibility index (Phi) is 4.50. The summed E-state index contributed by atoms with van der Waals surface area (Å²) < 4.78 is 0. The van der Waals surface area contributed by atoms with Crippen molar-refractivity contribution in [1.82, 2.24) is 4.98 Å². The Hall–Kier alpha value is -3.57. The summed E-state index contributed by atoms with van der Waals surface area (Å²) in [7, 11) is 0. The molecule has 0 saturated heterocycles. The molecule has 3 aromatic rings. The minimum Gasteiger partial charge on any atom is -0.383 e. The highest BCUT2D eigenvalue weighted by atomic mass is 14.9. The van der Waals surface area contributed by atoms with Gasteiger partial charge in [0, 0.05) is 5.39 Å². The number of nitriles is 2. The molecule has 25 heavy (non-hydrogen) atoms. The number of nitrogens with one attached hydrogen (secondary N) is 1. The first kappa shape index (κ1) is 16.3. The second-order valence-corrected chi connectivity index (χ2v) is 5.69. The van der Waals surface area contributed by atoms with Crippen LogP contribution in [-0.2, 0) is 0 Å². The summed E-state index contributed by atoms with van der Waals surface area (Å²) in [6.45, 7) is 2.07. The average molecular weight is 327 g/mol. The lowest BCUT2D eigenvalue weighted by atomic mass is 10.0. The van der Waals surface area contributed by atoms with Gasteiger partial charge in [-0.1, -0.05) is 49.4 Å². The van der Waals surface area contributed by atoms with E-state index in [9.17, 15) is 10.5 Å². The Bertz CT molecular complexity index is 997. The van der Waals surface area contributed by atoms with E-state index in [1.165, 1.54) is 0 Å². The smallest absolute Gasteiger partial charge is 0.144 e. The first-order chi connectivity index (χ1) is 12.2. The third-order valence-corrected chi connectivity index (χ3v) is 4.20. The van der Waals surface area contributed by atoms with E-state index in [4.69, 9.17) is 5.73 Å². The van der Waals surface area contributed by atoms with Crippen LogP contribution in [0.15, 0.2) is 48.5 Å². The number of nitrogens with two attached hydrogens (primary N) is 1. The molecule has 0 fully saturated rings. The molecule has 3 rings (SSSR count). The molecule has 0 aliphatic heterocycles. The van der Waals surface area contributed by atoms with Crippen LogP contribution in [0.3, 0.4) is 0 Å². The summed E-state index contributed by atoms with van der Waals surface area (Å²) in [5.41, 5.74) is 8.98. The van der Waals surface area contributed by atoms with Crippen molar-refractivity contribution in [2.24, 2.45) is 0 Å². The molecule has 0 aliphatic rings. The highest BCUT2D eigenvalue weighted by Gasteiger charge is 2.18. The summed E-state index contributed by atoms with van der Waals surface area (Å²) in [6.07, 6.45) is 0.830. The normalized spacial score (nSPS) is 11.5. The van der Waals surface area contributed by atoms with Gasteiger partial charge in [-0.3, -0.25) is 0 Å². The fourth-order valence-electron chi connectivity index (χ4n) is 2.94. The summed E-state index contributed by atoms with van der Waals surface area (Å²) in [4.78, 5) is 4.28. The van der Waals surface area contributed by atoms with Gasteiger partial charge in [0.2, 0.25) is 0 Å². The first-order valence-electron chi connectivity index (χ1n) is 8.03. The van der Waals surface area contributed by atoms with Crippen molar-refractivity contribution in [2.75, 3.05) is 11.1 Å². The molecule has 0 unspecified atom stereocenters. The third kappa shape index (κ3) is 2.96. The van der Waals surface area contributed by atoms with Crippen LogP contribution in [0.5, 0.6) is 0 Å². The maximum absolute atomic E-state index is 9.57. The van der Waals surface area contributed by atoms with Gasteiger partial charge >= 0.3 is 0 Å². The van der Waals surface area contributed by atoms with Crippen molar-refractivity contribution in [2.45, 2.75) is 19.4 Å². The Labute approximate surface area is 146 Å². The van der Waals surface area contributed by atoms with E-state index in [0.29, 0.717) is 22.3 Å². The van der Waals surface area contributed by atoms with E-state index >= 15 is 0 Å². The van der Waals surface area contributed by atoms with Crippen molar-refractivity contribution in [3.8, 4) is 12.1 Å². The number of aromatic nitrogens is 1. The van der Waals surface area contributed by atoms with Gasteiger partial charge in [0.25, 0.3) is 0 Å². The van der Waals surface area contributed by atoms with Crippen LogP contribution in [0.2, 0.25) is 0 Å². The van der Waals surface area contributed by atoms with Crippen molar-refractivity contribution >= 4 is 22.4 Å². The predicted octanol–water partition coefficient (Wildman–Crippen LogP) is 4.12. The number of benzene rings is 2. The minimum absolute atomic E-state index is 0.0176. The van der Waals surface area contributed by atoms with Gasteiger partial charge in [0.15, 0.2) is 0 Å². The zero-order valence-electron chi connectivity index (χ0n) is 13.8. The van der Waals surface area contributed by atoms with E-state index in [0.717, 1.165) is 17.4 Å². The molecule has 0 radical (unpaired) electrons. The van der Waals surface area contributed by atoms with Crippen LogP contribution >= 0.6 is 0 Å². The van der Waals surface area contributed by atoms with Crippen molar-refractivity contribution in [1.29, 1.82) is 10.5 Å². The number of anilines is 2. The molecular formula is C20H17N5. The maximum atomic E-state index is 9.57. The van der Waals surface area contributed by atoms with Crippen LogP contribution < -0.4 is 11.1 Å². The second-order valence-electron chi connectivity index (χ2n) is 5.69. The van der Waals surface area contributed by atoms with E-state index < -0.39 is 0 Å². The van der Waals surface area contributed by atoms with Crippen molar-refractivity contribution < 1.29 is 0 Å². The molecule has 0 spiro atoms. The number of hydrogen-bond donors (Lipinski definition) is 2. The molecule has 2 aromatic carbocycles. The lowest BCUT2D eigenvalue weighted by molar-refractivity contribution is 0.750. The molecule has 1 atom stereocenters. The lowest BCUT2D eigenvalue weighted by Crippen LogP contribution is -2.12. The largest absolute Gasteiger partial charge is 0.383 e. The maximum Gasteiger partial charge on any atom is 0.144 e.